The van der Waals surface area contributed by atoms with Gasteiger partial charge in [0.25, 0.3) is 0 Å². The standard InChI is InChI=1S/C13H13NO3S3/c1-10-4-5-13(19-10)20(16,17)14-9-12-11(3-2-7-15)6-8-18-12/h4-6,8,14-15H,7,9H2,1H3. The van der Waals surface area contributed by atoms with Gasteiger partial charge in [-0.2, -0.15) is 0 Å². The van der Waals surface area contributed by atoms with Crippen LogP contribution in [0.25, 0.3) is 0 Å². The fourth-order valence-corrected chi connectivity index (χ4v) is 4.70. The van der Waals surface area contributed by atoms with Crippen molar-refractivity contribution in [1.82, 2.24) is 4.72 Å². The van der Waals surface area contributed by atoms with Gasteiger partial charge in [-0.3, -0.25) is 0 Å². The zero-order valence-electron chi connectivity index (χ0n) is 10.7. The molecule has 2 rings (SSSR count). The van der Waals surface area contributed by atoms with Crippen LogP contribution in [0.2, 0.25) is 0 Å². The number of aliphatic hydroxyl groups excluding tert-OH is 1. The summed E-state index contributed by atoms with van der Waals surface area (Å²) >= 11 is 2.68. The van der Waals surface area contributed by atoms with Crippen molar-refractivity contribution < 1.29 is 13.5 Å². The van der Waals surface area contributed by atoms with E-state index in [1.165, 1.54) is 22.7 Å². The van der Waals surface area contributed by atoms with Gasteiger partial charge in [0.1, 0.15) is 10.8 Å². The maximum atomic E-state index is 12.1. The number of hydrogen-bond acceptors (Lipinski definition) is 5. The molecule has 7 heteroatoms. The smallest absolute Gasteiger partial charge is 0.250 e. The minimum atomic E-state index is -3.48. The molecule has 0 radical (unpaired) electrons. The molecule has 0 saturated carbocycles. The SMILES string of the molecule is Cc1ccc(S(=O)(=O)NCc2sccc2C#CCO)s1. The van der Waals surface area contributed by atoms with Crippen LogP contribution in [0.3, 0.4) is 0 Å². The molecule has 0 aliphatic carbocycles. The summed E-state index contributed by atoms with van der Waals surface area (Å²) in [6, 6.07) is 5.19. The van der Waals surface area contributed by atoms with Gasteiger partial charge in [0.15, 0.2) is 0 Å². The minimum Gasteiger partial charge on any atom is -0.384 e. The molecule has 0 bridgehead atoms. The molecule has 2 aromatic heterocycles. The van der Waals surface area contributed by atoms with Crippen LogP contribution in [0, 0.1) is 18.8 Å². The van der Waals surface area contributed by atoms with Crippen LogP contribution in [0.5, 0.6) is 0 Å². The maximum absolute atomic E-state index is 12.1. The lowest BCUT2D eigenvalue weighted by atomic mass is 10.2. The second-order valence-corrected chi connectivity index (χ2v) is 8.19. The summed E-state index contributed by atoms with van der Waals surface area (Å²) in [4.78, 5) is 1.79. The van der Waals surface area contributed by atoms with Crippen LogP contribution in [-0.2, 0) is 16.6 Å². The van der Waals surface area contributed by atoms with E-state index in [1.807, 2.05) is 18.4 Å². The van der Waals surface area contributed by atoms with Crippen LogP contribution in [0.15, 0.2) is 27.8 Å². The number of rotatable bonds is 4. The van der Waals surface area contributed by atoms with Crippen LogP contribution < -0.4 is 4.72 Å². The van der Waals surface area contributed by atoms with Crippen molar-refractivity contribution in [2.45, 2.75) is 17.7 Å². The predicted octanol–water partition coefficient (Wildman–Crippen LogP) is 1.94. The second kappa shape index (κ2) is 6.52. The number of hydrogen-bond donors (Lipinski definition) is 2. The van der Waals surface area contributed by atoms with Gasteiger partial charge in [0.05, 0.1) is 0 Å². The summed E-state index contributed by atoms with van der Waals surface area (Å²) in [5.41, 5.74) is 0.745. The van der Waals surface area contributed by atoms with Gasteiger partial charge in [0.2, 0.25) is 10.0 Å². The Labute approximate surface area is 126 Å². The first kappa shape index (κ1) is 15.2. The third kappa shape index (κ3) is 3.69. The molecule has 0 unspecified atom stereocenters. The van der Waals surface area contributed by atoms with Gasteiger partial charge in [-0.15, -0.1) is 22.7 Å². The molecule has 2 N–H and O–H groups in total. The van der Waals surface area contributed by atoms with E-state index in [2.05, 4.69) is 16.6 Å². The van der Waals surface area contributed by atoms with E-state index in [0.29, 0.717) is 4.21 Å². The van der Waals surface area contributed by atoms with E-state index in [1.54, 1.807) is 12.1 Å². The average molecular weight is 327 g/mol. The Morgan fingerprint density at radius 3 is 2.80 bits per heavy atom. The number of sulfonamides is 1. The average Bonchev–Trinajstić information content (AvgIpc) is 3.03. The molecule has 0 aliphatic rings. The summed E-state index contributed by atoms with van der Waals surface area (Å²) < 4.78 is 27.1. The van der Waals surface area contributed by atoms with Crippen molar-refractivity contribution in [2.24, 2.45) is 0 Å². The summed E-state index contributed by atoms with van der Waals surface area (Å²) in [6.07, 6.45) is 0. The number of nitrogens with one attached hydrogen (secondary N) is 1. The van der Waals surface area contributed by atoms with Crippen molar-refractivity contribution in [1.29, 1.82) is 0 Å². The van der Waals surface area contributed by atoms with Gasteiger partial charge >= 0.3 is 0 Å². The topological polar surface area (TPSA) is 66.4 Å². The van der Waals surface area contributed by atoms with Gasteiger partial charge in [-0.1, -0.05) is 11.8 Å². The molecule has 0 aromatic carbocycles. The molecule has 0 atom stereocenters. The molecular formula is C13H13NO3S3. The van der Waals surface area contributed by atoms with Crippen LogP contribution >= 0.6 is 22.7 Å². The second-order valence-electron chi connectivity index (χ2n) is 3.91. The lowest BCUT2D eigenvalue weighted by Gasteiger charge is -2.03. The third-order valence-electron chi connectivity index (χ3n) is 2.45. The van der Waals surface area contributed by atoms with E-state index in [9.17, 15) is 8.42 Å². The molecule has 0 saturated heterocycles. The van der Waals surface area contributed by atoms with E-state index in [-0.39, 0.29) is 13.2 Å². The van der Waals surface area contributed by atoms with Gasteiger partial charge in [-0.25, -0.2) is 13.1 Å². The molecule has 0 fully saturated rings. The van der Waals surface area contributed by atoms with E-state index in [0.717, 1.165) is 15.3 Å². The fourth-order valence-electron chi connectivity index (χ4n) is 1.51. The molecule has 0 amide bonds. The molecule has 0 spiro atoms. The maximum Gasteiger partial charge on any atom is 0.250 e. The number of thiophene rings is 2. The third-order valence-corrected chi connectivity index (χ3v) is 6.27. The Bertz CT molecular complexity index is 747. The lowest BCUT2D eigenvalue weighted by molar-refractivity contribution is 0.350. The number of aliphatic hydroxyl groups is 1. The Morgan fingerprint density at radius 2 is 2.15 bits per heavy atom. The molecule has 0 aliphatic heterocycles. The molecule has 20 heavy (non-hydrogen) atoms. The summed E-state index contributed by atoms with van der Waals surface area (Å²) in [7, 11) is -3.48. The summed E-state index contributed by atoms with van der Waals surface area (Å²) in [6.45, 7) is 1.85. The first-order valence-corrected chi connectivity index (χ1v) is 8.93. The quantitative estimate of drug-likeness (QED) is 0.844. The van der Waals surface area contributed by atoms with Gasteiger partial charge in [0, 0.05) is 21.9 Å². The first-order chi connectivity index (χ1) is 9.53. The van der Waals surface area contributed by atoms with Crippen molar-refractivity contribution in [2.75, 3.05) is 6.61 Å². The van der Waals surface area contributed by atoms with Crippen LogP contribution in [-0.4, -0.2) is 20.1 Å². The van der Waals surface area contributed by atoms with Crippen LogP contribution in [0.1, 0.15) is 15.3 Å². The molecule has 2 aromatic rings. The highest BCUT2D eigenvalue weighted by molar-refractivity contribution is 7.91. The Morgan fingerprint density at radius 1 is 1.35 bits per heavy atom. The van der Waals surface area contributed by atoms with E-state index in [4.69, 9.17) is 5.11 Å². The van der Waals surface area contributed by atoms with Crippen molar-refractivity contribution >= 4 is 32.7 Å². The zero-order chi connectivity index (χ0) is 14.6. The predicted molar refractivity (Wildman–Crippen MR) is 81.4 cm³/mol. The Hall–Kier alpha value is -1.17. The highest BCUT2D eigenvalue weighted by Crippen LogP contribution is 2.21. The largest absolute Gasteiger partial charge is 0.384 e. The fraction of sp³-hybridized carbons (Fsp3) is 0.231. The summed E-state index contributed by atoms with van der Waals surface area (Å²) in [5.74, 6) is 5.36. The van der Waals surface area contributed by atoms with Gasteiger partial charge < -0.3 is 5.11 Å². The van der Waals surface area contributed by atoms with Crippen LogP contribution in [0.4, 0.5) is 0 Å². The van der Waals surface area contributed by atoms with Crippen molar-refractivity contribution in [3.8, 4) is 11.8 Å². The Balaban J connectivity index is 2.11. The molecule has 2 heterocycles. The van der Waals surface area contributed by atoms with Crippen molar-refractivity contribution in [3.63, 3.8) is 0 Å². The zero-order valence-corrected chi connectivity index (χ0v) is 13.2. The van der Waals surface area contributed by atoms with E-state index < -0.39 is 10.0 Å². The molecular weight excluding hydrogens is 314 g/mol. The monoisotopic (exact) mass is 327 g/mol. The van der Waals surface area contributed by atoms with E-state index >= 15 is 0 Å². The normalized spacial score (nSPS) is 11.1. The molecule has 4 nitrogen and oxygen atoms in total. The Kier molecular flexibility index (Phi) is 4.96. The van der Waals surface area contributed by atoms with Gasteiger partial charge in [-0.05, 0) is 30.5 Å². The highest BCUT2D eigenvalue weighted by Gasteiger charge is 2.16. The minimum absolute atomic E-state index is 0.201. The number of aryl methyl sites for hydroxylation is 1. The molecule has 106 valence electrons. The summed E-state index contributed by atoms with van der Waals surface area (Å²) in [5, 5.41) is 10.5. The van der Waals surface area contributed by atoms with Crippen molar-refractivity contribution in [3.05, 3.63) is 38.9 Å². The highest BCUT2D eigenvalue weighted by atomic mass is 32.2. The first-order valence-electron chi connectivity index (χ1n) is 5.75. The lowest BCUT2D eigenvalue weighted by Crippen LogP contribution is -2.22.